The predicted octanol–water partition coefficient (Wildman–Crippen LogP) is 4.02. The third-order valence-corrected chi connectivity index (χ3v) is 4.98. The first-order valence-electron chi connectivity index (χ1n) is 10.3. The fourth-order valence-corrected chi connectivity index (χ4v) is 3.41. The van der Waals surface area contributed by atoms with Gasteiger partial charge in [0, 0.05) is 29.7 Å². The zero-order chi connectivity index (χ0) is 23.2. The van der Waals surface area contributed by atoms with Gasteiger partial charge in [-0.25, -0.2) is 9.97 Å². The van der Waals surface area contributed by atoms with Crippen LogP contribution in [0.15, 0.2) is 95.1 Å². The van der Waals surface area contributed by atoms with Gasteiger partial charge in [-0.15, -0.1) is 0 Å². The van der Waals surface area contributed by atoms with E-state index in [-0.39, 0.29) is 5.56 Å². The first-order valence-corrected chi connectivity index (χ1v) is 10.3. The van der Waals surface area contributed by atoms with Crippen molar-refractivity contribution in [1.29, 1.82) is 0 Å². The number of para-hydroxylation sites is 1. The molecule has 0 saturated carbocycles. The average Bonchev–Trinajstić information content (AvgIpc) is 2.84. The number of nitrogens with one attached hydrogen (secondary N) is 2. The van der Waals surface area contributed by atoms with Crippen LogP contribution in [0.5, 0.6) is 0 Å². The Morgan fingerprint density at radius 2 is 1.64 bits per heavy atom. The highest BCUT2D eigenvalue weighted by atomic mass is 16.2. The van der Waals surface area contributed by atoms with Crippen LogP contribution in [0.25, 0.3) is 5.82 Å². The molecule has 0 aliphatic carbocycles. The molecule has 0 radical (unpaired) electrons. The number of carbonyl (C=O) groups is 1. The van der Waals surface area contributed by atoms with Crippen LogP contribution in [-0.4, -0.2) is 26.2 Å². The molecule has 0 aliphatic rings. The molecule has 33 heavy (non-hydrogen) atoms. The number of carbonyl (C=O) groups excluding carboxylic acids is 1. The molecule has 2 N–H and O–H groups in total. The third kappa shape index (κ3) is 4.85. The summed E-state index contributed by atoms with van der Waals surface area (Å²) in [5.41, 5.74) is 5.09. The van der Waals surface area contributed by atoms with E-state index in [2.05, 4.69) is 25.8 Å². The average molecular weight is 438 g/mol. The summed E-state index contributed by atoms with van der Waals surface area (Å²) in [4.78, 5) is 34.9. The minimum Gasteiger partial charge on any atom is -0.306 e. The summed E-state index contributed by atoms with van der Waals surface area (Å²) in [5, 5.41) is 7.21. The second-order valence-corrected chi connectivity index (χ2v) is 7.22. The lowest BCUT2D eigenvalue weighted by molar-refractivity contribution is 0.102. The number of pyridine rings is 3. The Morgan fingerprint density at radius 3 is 2.30 bits per heavy atom. The van der Waals surface area contributed by atoms with Crippen molar-refractivity contribution in [2.45, 2.75) is 13.8 Å². The van der Waals surface area contributed by atoms with Gasteiger partial charge < -0.3 is 5.32 Å². The molecule has 0 fully saturated rings. The van der Waals surface area contributed by atoms with Gasteiger partial charge in [-0.05, 0) is 50.2 Å². The number of rotatable bonds is 6. The minimum absolute atomic E-state index is 0.307. The van der Waals surface area contributed by atoms with E-state index in [1.807, 2.05) is 30.3 Å². The first-order chi connectivity index (χ1) is 16.0. The van der Waals surface area contributed by atoms with Gasteiger partial charge in [0.15, 0.2) is 0 Å². The summed E-state index contributed by atoms with van der Waals surface area (Å²) in [5.74, 6) is 0.427. The van der Waals surface area contributed by atoms with Crippen LogP contribution in [-0.2, 0) is 0 Å². The second-order valence-electron chi connectivity index (χ2n) is 7.22. The lowest BCUT2D eigenvalue weighted by atomic mass is 10.0. The summed E-state index contributed by atoms with van der Waals surface area (Å²) in [7, 11) is 0. The Balaban J connectivity index is 1.82. The van der Waals surface area contributed by atoms with Crippen molar-refractivity contribution in [3.8, 4) is 5.82 Å². The maximum atomic E-state index is 13.4. The summed E-state index contributed by atoms with van der Waals surface area (Å²) >= 11 is 0. The summed E-state index contributed by atoms with van der Waals surface area (Å²) in [6.07, 6.45) is 3.19. The van der Waals surface area contributed by atoms with Crippen LogP contribution < -0.4 is 16.3 Å². The Morgan fingerprint density at radius 1 is 0.939 bits per heavy atom. The van der Waals surface area contributed by atoms with E-state index in [1.165, 1.54) is 10.6 Å². The normalized spacial score (nSPS) is 11.2. The number of hydrazone groups is 1. The number of anilines is 2. The molecule has 0 bridgehead atoms. The quantitative estimate of drug-likeness (QED) is 0.350. The molecule has 4 rings (SSSR count). The van der Waals surface area contributed by atoms with E-state index in [4.69, 9.17) is 0 Å². The standard InChI is InChI=1S/C25H22N6O2/c1-17(29-30-19-10-4-3-5-11-19)20-16-23(32)31(22-13-7-9-15-27-22)18(2)24(20)25(33)28-21-12-6-8-14-26-21/h3-16,30H,1-2H3,(H,26,28,33). The minimum atomic E-state index is -0.403. The molecular formula is C25H22N6O2. The molecule has 0 aliphatic heterocycles. The zero-order valence-electron chi connectivity index (χ0n) is 18.2. The largest absolute Gasteiger partial charge is 0.306 e. The molecule has 4 aromatic rings. The van der Waals surface area contributed by atoms with Crippen LogP contribution in [0, 0.1) is 6.92 Å². The van der Waals surface area contributed by atoms with E-state index < -0.39 is 5.91 Å². The Bertz CT molecular complexity index is 1350. The van der Waals surface area contributed by atoms with Crippen molar-refractivity contribution >= 4 is 23.1 Å². The van der Waals surface area contributed by atoms with E-state index in [9.17, 15) is 9.59 Å². The Kier molecular flexibility index (Phi) is 6.36. The van der Waals surface area contributed by atoms with Gasteiger partial charge in [0.25, 0.3) is 11.5 Å². The zero-order valence-corrected chi connectivity index (χ0v) is 18.2. The molecule has 3 heterocycles. The van der Waals surface area contributed by atoms with Crippen molar-refractivity contribution in [1.82, 2.24) is 14.5 Å². The molecule has 0 spiro atoms. The lowest BCUT2D eigenvalue weighted by Gasteiger charge is -2.17. The molecule has 0 saturated heterocycles. The van der Waals surface area contributed by atoms with Gasteiger partial charge in [0.05, 0.1) is 17.0 Å². The fourth-order valence-electron chi connectivity index (χ4n) is 3.41. The van der Waals surface area contributed by atoms with Crippen LogP contribution >= 0.6 is 0 Å². The molecule has 1 aromatic carbocycles. The fraction of sp³-hybridized carbons (Fsp3) is 0.0800. The number of hydrogen-bond acceptors (Lipinski definition) is 6. The molecule has 1 amide bonds. The highest BCUT2D eigenvalue weighted by Gasteiger charge is 2.22. The first kappa shape index (κ1) is 21.6. The van der Waals surface area contributed by atoms with Crippen molar-refractivity contribution in [2.75, 3.05) is 10.7 Å². The topological polar surface area (TPSA) is 101 Å². The monoisotopic (exact) mass is 438 g/mol. The van der Waals surface area contributed by atoms with Gasteiger partial charge in [-0.1, -0.05) is 30.3 Å². The van der Waals surface area contributed by atoms with Crippen molar-refractivity contribution in [3.05, 3.63) is 112 Å². The van der Waals surface area contributed by atoms with E-state index in [1.54, 1.807) is 62.6 Å². The highest BCUT2D eigenvalue weighted by Crippen LogP contribution is 2.18. The number of benzene rings is 1. The maximum absolute atomic E-state index is 13.4. The molecule has 0 unspecified atom stereocenters. The summed E-state index contributed by atoms with van der Waals surface area (Å²) in [6, 6.07) is 21.3. The van der Waals surface area contributed by atoms with Gasteiger partial charge in [0.1, 0.15) is 11.6 Å². The van der Waals surface area contributed by atoms with Crippen LogP contribution in [0.1, 0.15) is 28.5 Å². The van der Waals surface area contributed by atoms with E-state index in [0.29, 0.717) is 34.2 Å². The maximum Gasteiger partial charge on any atom is 0.259 e. The Labute approximate surface area is 190 Å². The number of amides is 1. The predicted molar refractivity (Wildman–Crippen MR) is 129 cm³/mol. The van der Waals surface area contributed by atoms with Crippen LogP contribution in [0.2, 0.25) is 0 Å². The smallest absolute Gasteiger partial charge is 0.259 e. The Hall–Kier alpha value is -4.59. The highest BCUT2D eigenvalue weighted by molar-refractivity contribution is 6.14. The summed E-state index contributed by atoms with van der Waals surface area (Å²) in [6.45, 7) is 3.46. The van der Waals surface area contributed by atoms with E-state index in [0.717, 1.165) is 5.69 Å². The number of aromatic nitrogens is 3. The second kappa shape index (κ2) is 9.69. The molecule has 0 atom stereocenters. The molecule has 8 nitrogen and oxygen atoms in total. The molecule has 164 valence electrons. The summed E-state index contributed by atoms with van der Waals surface area (Å²) < 4.78 is 1.41. The SMILES string of the molecule is CC(=NNc1ccccc1)c1cc(=O)n(-c2ccccn2)c(C)c1C(=O)Nc1ccccn1. The van der Waals surface area contributed by atoms with Crippen molar-refractivity contribution in [3.63, 3.8) is 0 Å². The van der Waals surface area contributed by atoms with Gasteiger partial charge >= 0.3 is 0 Å². The molecule has 3 aromatic heterocycles. The van der Waals surface area contributed by atoms with Gasteiger partial charge in [-0.3, -0.25) is 19.6 Å². The third-order valence-electron chi connectivity index (χ3n) is 4.98. The van der Waals surface area contributed by atoms with Crippen LogP contribution in [0.3, 0.4) is 0 Å². The van der Waals surface area contributed by atoms with Crippen molar-refractivity contribution in [2.24, 2.45) is 5.10 Å². The molecule has 8 heteroatoms. The number of hydrogen-bond donors (Lipinski definition) is 2. The van der Waals surface area contributed by atoms with Crippen LogP contribution in [0.4, 0.5) is 11.5 Å². The van der Waals surface area contributed by atoms with Gasteiger partial charge in [0.2, 0.25) is 0 Å². The number of nitrogens with zero attached hydrogens (tertiary/aromatic N) is 4. The van der Waals surface area contributed by atoms with Crippen molar-refractivity contribution < 1.29 is 4.79 Å². The lowest BCUT2D eigenvalue weighted by Crippen LogP contribution is -2.29. The van der Waals surface area contributed by atoms with Gasteiger partial charge in [-0.2, -0.15) is 5.10 Å². The molecular weight excluding hydrogens is 416 g/mol. The van der Waals surface area contributed by atoms with E-state index >= 15 is 0 Å².